The Morgan fingerprint density at radius 2 is 0.873 bits per heavy atom. The fraction of sp³-hybridized carbons (Fsp3) is 0.0492. The molecule has 2 aromatic heterocycles. The Labute approximate surface area is 367 Å². The van der Waals surface area contributed by atoms with E-state index in [-0.39, 0.29) is 0 Å². The minimum absolute atomic E-state index is 0.417. The lowest BCUT2D eigenvalue weighted by Gasteiger charge is -2.35. The van der Waals surface area contributed by atoms with E-state index >= 15 is 0 Å². The summed E-state index contributed by atoms with van der Waals surface area (Å²) in [5, 5.41) is 5.01. The zero-order valence-electron chi connectivity index (χ0n) is 34.7. The molecule has 1 unspecified atom stereocenters. The molecule has 0 bridgehead atoms. The number of fused-ring (bicyclic) bond motifs is 9. The van der Waals surface area contributed by atoms with Gasteiger partial charge in [-0.25, -0.2) is 0 Å². The Bertz CT molecular complexity index is 3660. The van der Waals surface area contributed by atoms with Crippen molar-refractivity contribution in [1.82, 2.24) is 9.13 Å². The summed E-state index contributed by atoms with van der Waals surface area (Å²) in [6.07, 6.45) is 9.34. The van der Waals surface area contributed by atoms with Crippen molar-refractivity contribution < 1.29 is 0 Å². The number of para-hydroxylation sites is 2. The average molecular weight is 803 g/mol. The van der Waals surface area contributed by atoms with E-state index in [4.69, 9.17) is 0 Å². The Hall–Kier alpha value is -7.94. The minimum Gasteiger partial charge on any atom is -0.309 e. The second kappa shape index (κ2) is 14.1. The molecule has 0 amide bonds. The molecule has 0 N–H and O–H groups in total. The number of rotatable bonds is 6. The SMILES string of the molecule is C1=CC(C2(c3ccccc3)c3ccccc3-c3ccc(-n4c5ccccc5c5cc(-c6ccc7c(c6)c6ccccc6n7-c6ccc(-c7ccccc7)cc6)ccc54)cc32)=CCC1. The first kappa shape index (κ1) is 35.8. The highest BCUT2D eigenvalue weighted by Gasteiger charge is 2.47. The van der Waals surface area contributed by atoms with Gasteiger partial charge in [-0.2, -0.15) is 0 Å². The molecule has 1 atom stereocenters. The topological polar surface area (TPSA) is 9.86 Å². The highest BCUT2D eigenvalue weighted by molar-refractivity contribution is 6.13. The number of benzene rings is 9. The van der Waals surface area contributed by atoms with Crippen molar-refractivity contribution in [1.29, 1.82) is 0 Å². The highest BCUT2D eigenvalue weighted by atomic mass is 15.0. The first-order chi connectivity index (χ1) is 31.3. The van der Waals surface area contributed by atoms with Crippen LogP contribution in [0.2, 0.25) is 0 Å². The fourth-order valence-electron chi connectivity index (χ4n) is 11.1. The zero-order chi connectivity index (χ0) is 41.5. The summed E-state index contributed by atoms with van der Waals surface area (Å²) in [7, 11) is 0. The minimum atomic E-state index is -0.417. The van der Waals surface area contributed by atoms with Crippen LogP contribution in [-0.4, -0.2) is 9.13 Å². The van der Waals surface area contributed by atoms with Crippen molar-refractivity contribution in [2.75, 3.05) is 0 Å². The van der Waals surface area contributed by atoms with E-state index in [0.29, 0.717) is 0 Å². The Balaban J connectivity index is 0.962. The molecule has 0 radical (unpaired) electrons. The third-order valence-corrected chi connectivity index (χ3v) is 13.8. The lowest BCUT2D eigenvalue weighted by Crippen LogP contribution is -2.29. The molecule has 0 fully saturated rings. The van der Waals surface area contributed by atoms with Gasteiger partial charge in [0.25, 0.3) is 0 Å². The van der Waals surface area contributed by atoms with Gasteiger partial charge in [0.1, 0.15) is 0 Å². The molecule has 0 saturated heterocycles. The van der Waals surface area contributed by atoms with Gasteiger partial charge in [0.15, 0.2) is 0 Å². The normalized spacial score (nSPS) is 15.6. The smallest absolute Gasteiger partial charge is 0.0711 e. The summed E-state index contributed by atoms with van der Waals surface area (Å²) >= 11 is 0. The van der Waals surface area contributed by atoms with Crippen LogP contribution in [0.25, 0.3) is 88.4 Å². The number of nitrogens with zero attached hydrogens (tertiary/aromatic N) is 2. The quantitative estimate of drug-likeness (QED) is 0.158. The van der Waals surface area contributed by atoms with Crippen LogP contribution in [0, 0.1) is 0 Å². The molecule has 9 aromatic carbocycles. The van der Waals surface area contributed by atoms with Crippen molar-refractivity contribution in [3.8, 4) is 44.8 Å². The first-order valence-electron chi connectivity index (χ1n) is 22.2. The summed E-state index contributed by atoms with van der Waals surface area (Å²) in [4.78, 5) is 0. The van der Waals surface area contributed by atoms with Crippen molar-refractivity contribution >= 4 is 43.6 Å². The van der Waals surface area contributed by atoms with Gasteiger partial charge in [0, 0.05) is 32.9 Å². The lowest BCUT2D eigenvalue weighted by atomic mass is 9.66. The van der Waals surface area contributed by atoms with E-state index < -0.39 is 5.41 Å². The molecule has 2 aliphatic carbocycles. The van der Waals surface area contributed by atoms with E-state index in [2.05, 4.69) is 240 Å². The molecule has 13 rings (SSSR count). The van der Waals surface area contributed by atoms with Gasteiger partial charge in [-0.3, -0.25) is 0 Å². The lowest BCUT2D eigenvalue weighted by molar-refractivity contribution is 0.751. The van der Waals surface area contributed by atoms with Crippen LogP contribution < -0.4 is 0 Å². The summed E-state index contributed by atoms with van der Waals surface area (Å²) < 4.78 is 4.89. The van der Waals surface area contributed by atoms with Gasteiger partial charge in [-0.15, -0.1) is 0 Å². The molecule has 2 heterocycles. The summed E-state index contributed by atoms with van der Waals surface area (Å²) in [6.45, 7) is 0. The molecule has 0 spiro atoms. The Kier molecular flexibility index (Phi) is 7.98. The standard InChI is InChI=1S/C61H42N2/c1-4-16-41(17-5-1)42-28-32-47(33-29-42)62-57-26-14-11-23-51(57)53-38-43(30-36-59(53)62)44-31-37-60-54(39-44)52-24-12-15-27-58(52)63(60)48-34-35-50-49-22-10-13-25-55(49)61(56(50)40-48,45-18-6-2-7-19-45)46-20-8-3-9-21-46/h1-2,4-8,10-40H,3,9H2. The third kappa shape index (κ3) is 5.31. The molecule has 2 aliphatic rings. The van der Waals surface area contributed by atoms with E-state index in [9.17, 15) is 0 Å². The van der Waals surface area contributed by atoms with Crippen molar-refractivity contribution in [2.24, 2.45) is 0 Å². The van der Waals surface area contributed by atoms with Gasteiger partial charge in [-0.05, 0) is 129 Å². The summed E-state index contributed by atoms with van der Waals surface area (Å²) in [6, 6.07) is 78.8. The Morgan fingerprint density at radius 1 is 0.349 bits per heavy atom. The maximum Gasteiger partial charge on any atom is 0.0711 e. The molecule has 63 heavy (non-hydrogen) atoms. The predicted molar refractivity (Wildman–Crippen MR) is 264 cm³/mol. The van der Waals surface area contributed by atoms with Crippen LogP contribution >= 0.6 is 0 Å². The highest BCUT2D eigenvalue weighted by Crippen LogP contribution is 2.57. The van der Waals surface area contributed by atoms with Gasteiger partial charge in [-0.1, -0.05) is 170 Å². The molecule has 11 aromatic rings. The zero-order valence-corrected chi connectivity index (χ0v) is 34.7. The number of hydrogen-bond acceptors (Lipinski definition) is 0. The average Bonchev–Trinajstić information content (AvgIpc) is 3.98. The third-order valence-electron chi connectivity index (χ3n) is 13.8. The van der Waals surface area contributed by atoms with Crippen LogP contribution in [0.1, 0.15) is 29.5 Å². The monoisotopic (exact) mass is 802 g/mol. The molecule has 2 nitrogen and oxygen atoms in total. The van der Waals surface area contributed by atoms with Crippen LogP contribution in [0.5, 0.6) is 0 Å². The number of allylic oxidation sites excluding steroid dienone is 4. The maximum absolute atomic E-state index is 2.49. The van der Waals surface area contributed by atoms with Gasteiger partial charge < -0.3 is 9.13 Å². The van der Waals surface area contributed by atoms with Crippen LogP contribution in [-0.2, 0) is 5.41 Å². The number of hydrogen-bond donors (Lipinski definition) is 0. The molecule has 2 heteroatoms. The van der Waals surface area contributed by atoms with Gasteiger partial charge in [0.05, 0.1) is 27.5 Å². The van der Waals surface area contributed by atoms with E-state index in [1.807, 2.05) is 0 Å². The van der Waals surface area contributed by atoms with Crippen LogP contribution in [0.4, 0.5) is 0 Å². The van der Waals surface area contributed by atoms with Gasteiger partial charge >= 0.3 is 0 Å². The Morgan fingerprint density at radius 3 is 1.54 bits per heavy atom. The van der Waals surface area contributed by atoms with E-state index in [1.165, 1.54) is 105 Å². The largest absolute Gasteiger partial charge is 0.309 e. The summed E-state index contributed by atoms with van der Waals surface area (Å²) in [5.41, 5.74) is 19.6. The van der Waals surface area contributed by atoms with Crippen LogP contribution in [0.15, 0.2) is 236 Å². The van der Waals surface area contributed by atoms with E-state index in [1.54, 1.807) is 0 Å². The molecule has 0 aliphatic heterocycles. The van der Waals surface area contributed by atoms with Crippen molar-refractivity contribution in [3.63, 3.8) is 0 Å². The number of aromatic nitrogens is 2. The van der Waals surface area contributed by atoms with Gasteiger partial charge in [0.2, 0.25) is 0 Å². The second-order valence-corrected chi connectivity index (χ2v) is 17.1. The first-order valence-corrected chi connectivity index (χ1v) is 22.2. The maximum atomic E-state index is 2.49. The molecular weight excluding hydrogens is 761 g/mol. The van der Waals surface area contributed by atoms with Crippen molar-refractivity contribution in [2.45, 2.75) is 18.3 Å². The fourth-order valence-corrected chi connectivity index (χ4v) is 11.1. The molecular formula is C61H42N2. The van der Waals surface area contributed by atoms with Crippen molar-refractivity contribution in [3.05, 3.63) is 253 Å². The molecule has 296 valence electrons. The second-order valence-electron chi connectivity index (χ2n) is 17.1. The predicted octanol–water partition coefficient (Wildman–Crippen LogP) is 15.8. The summed E-state index contributed by atoms with van der Waals surface area (Å²) in [5.74, 6) is 0. The van der Waals surface area contributed by atoms with E-state index in [0.717, 1.165) is 18.5 Å². The molecule has 0 saturated carbocycles. The van der Waals surface area contributed by atoms with Crippen LogP contribution in [0.3, 0.4) is 0 Å².